The Kier molecular flexibility index (Phi) is 13.0. The minimum atomic E-state index is -0.729. The molecule has 1 amide bonds. The standard InChI is InChI=1S/C39H44N2O4S/c1-5-12-37(42)31-18-20-32(21-19-31)41(26-29-14-8-6-7-9-15-29)27-30-17-22-34(35(25-30)33-16-11-10-13-28(33)2)38(43)40-36(23-24-46-4)39(44)45-3/h6-8,10-11,13-22,25,36H,5,9,12,23-24,26-27H2,1-4H3,(H,40,43). The van der Waals surface area contributed by atoms with Gasteiger partial charge in [0.2, 0.25) is 0 Å². The van der Waals surface area contributed by atoms with Crippen molar-refractivity contribution >= 4 is 35.1 Å². The third-order valence-corrected chi connectivity index (χ3v) is 8.66. The number of esters is 1. The van der Waals surface area contributed by atoms with Crippen LogP contribution in [0.15, 0.2) is 103 Å². The Hall–Kier alpha value is -4.36. The lowest BCUT2D eigenvalue weighted by atomic mass is 9.93. The molecule has 0 saturated carbocycles. The topological polar surface area (TPSA) is 75.7 Å². The van der Waals surface area contributed by atoms with Crippen molar-refractivity contribution in [2.75, 3.05) is 30.6 Å². The van der Waals surface area contributed by atoms with Crippen LogP contribution < -0.4 is 10.2 Å². The Morgan fingerprint density at radius 2 is 1.76 bits per heavy atom. The van der Waals surface area contributed by atoms with Crippen LogP contribution in [0.25, 0.3) is 11.1 Å². The van der Waals surface area contributed by atoms with Gasteiger partial charge in [0.05, 0.1) is 7.11 Å². The maximum absolute atomic E-state index is 13.7. The van der Waals surface area contributed by atoms with Crippen molar-refractivity contribution in [1.82, 2.24) is 5.32 Å². The second-order valence-electron chi connectivity index (χ2n) is 11.4. The fraction of sp³-hybridized carbons (Fsp3) is 0.308. The van der Waals surface area contributed by atoms with Gasteiger partial charge in [0.25, 0.3) is 5.91 Å². The number of amides is 1. The number of carbonyl (C=O) groups is 3. The molecule has 1 N–H and O–H groups in total. The van der Waals surface area contributed by atoms with Gasteiger partial charge in [0, 0.05) is 36.3 Å². The molecular formula is C39H44N2O4S. The third kappa shape index (κ3) is 9.33. The fourth-order valence-electron chi connectivity index (χ4n) is 5.50. The van der Waals surface area contributed by atoms with Crippen LogP contribution in [0.4, 0.5) is 5.69 Å². The number of allylic oxidation sites excluding steroid dienone is 4. The van der Waals surface area contributed by atoms with Crippen LogP contribution in [-0.2, 0) is 16.1 Å². The summed E-state index contributed by atoms with van der Waals surface area (Å²) in [5.74, 6) is 0.105. The minimum Gasteiger partial charge on any atom is -0.467 e. The maximum Gasteiger partial charge on any atom is 0.328 e. The molecule has 0 saturated heterocycles. The molecule has 240 valence electrons. The largest absolute Gasteiger partial charge is 0.467 e. The summed E-state index contributed by atoms with van der Waals surface area (Å²) in [6, 6.07) is 21.1. The van der Waals surface area contributed by atoms with E-state index < -0.39 is 12.0 Å². The van der Waals surface area contributed by atoms with Crippen molar-refractivity contribution in [3.8, 4) is 11.1 Å². The zero-order chi connectivity index (χ0) is 32.9. The molecule has 0 radical (unpaired) electrons. The molecule has 6 nitrogen and oxygen atoms in total. The van der Waals surface area contributed by atoms with Gasteiger partial charge in [-0.15, -0.1) is 0 Å². The first-order valence-electron chi connectivity index (χ1n) is 15.8. The van der Waals surface area contributed by atoms with E-state index in [0.29, 0.717) is 31.5 Å². The van der Waals surface area contributed by atoms with E-state index in [2.05, 4.69) is 46.7 Å². The van der Waals surface area contributed by atoms with Crippen molar-refractivity contribution < 1.29 is 19.1 Å². The number of methoxy groups -OCH3 is 1. The lowest BCUT2D eigenvalue weighted by Gasteiger charge is -2.27. The molecule has 1 atom stereocenters. The summed E-state index contributed by atoms with van der Waals surface area (Å²) in [6.45, 7) is 5.31. The predicted octanol–water partition coefficient (Wildman–Crippen LogP) is 8.12. The number of hydrogen-bond donors (Lipinski definition) is 1. The van der Waals surface area contributed by atoms with Gasteiger partial charge in [0.1, 0.15) is 6.04 Å². The number of carbonyl (C=O) groups excluding carboxylic acids is 3. The van der Waals surface area contributed by atoms with Crippen LogP contribution in [0, 0.1) is 6.92 Å². The monoisotopic (exact) mass is 636 g/mol. The number of hydrogen-bond acceptors (Lipinski definition) is 6. The normalized spacial score (nSPS) is 13.0. The average molecular weight is 637 g/mol. The molecule has 0 heterocycles. The molecule has 7 heteroatoms. The number of nitrogens with zero attached hydrogens (tertiary/aromatic N) is 1. The lowest BCUT2D eigenvalue weighted by Crippen LogP contribution is -2.42. The molecule has 0 aliphatic heterocycles. The van der Waals surface area contributed by atoms with Crippen LogP contribution in [0.5, 0.6) is 0 Å². The summed E-state index contributed by atoms with van der Waals surface area (Å²) in [5, 5.41) is 2.93. The number of ketones is 1. The highest BCUT2D eigenvalue weighted by Crippen LogP contribution is 2.30. The van der Waals surface area contributed by atoms with Crippen molar-refractivity contribution in [3.05, 3.63) is 125 Å². The van der Waals surface area contributed by atoms with Crippen LogP contribution in [0.3, 0.4) is 0 Å². The summed E-state index contributed by atoms with van der Waals surface area (Å²) < 4.78 is 4.99. The number of anilines is 1. The van der Waals surface area contributed by atoms with Crippen molar-refractivity contribution in [3.63, 3.8) is 0 Å². The van der Waals surface area contributed by atoms with Gasteiger partial charge in [-0.2, -0.15) is 11.8 Å². The van der Waals surface area contributed by atoms with Crippen LogP contribution in [0.1, 0.15) is 64.4 Å². The predicted molar refractivity (Wildman–Crippen MR) is 191 cm³/mol. The quantitative estimate of drug-likeness (QED) is 0.134. The highest BCUT2D eigenvalue weighted by atomic mass is 32.2. The molecule has 1 unspecified atom stereocenters. The third-order valence-electron chi connectivity index (χ3n) is 8.02. The second kappa shape index (κ2) is 17.4. The molecular weight excluding hydrogens is 593 g/mol. The summed E-state index contributed by atoms with van der Waals surface area (Å²) in [4.78, 5) is 41.1. The first-order chi connectivity index (χ1) is 22.3. The molecule has 1 aliphatic rings. The van der Waals surface area contributed by atoms with Crippen molar-refractivity contribution in [2.24, 2.45) is 0 Å². The van der Waals surface area contributed by atoms with E-state index in [1.54, 1.807) is 11.8 Å². The first kappa shape index (κ1) is 34.5. The van der Waals surface area contributed by atoms with Crippen molar-refractivity contribution in [1.29, 1.82) is 0 Å². The maximum atomic E-state index is 13.7. The highest BCUT2D eigenvalue weighted by molar-refractivity contribution is 7.98. The SMILES string of the molecule is CCCC(=O)c1ccc(N(CC2=CCC=CC=C2)Cc2ccc(C(=O)NC(CCSC)C(=O)OC)c(-c3ccccc3C)c2)cc1. The summed E-state index contributed by atoms with van der Waals surface area (Å²) in [6.07, 6.45) is 15.3. The molecule has 4 rings (SSSR count). The van der Waals surface area contributed by atoms with Gasteiger partial charge >= 0.3 is 5.97 Å². The summed E-state index contributed by atoms with van der Waals surface area (Å²) in [5.41, 5.74) is 7.28. The molecule has 0 bridgehead atoms. The van der Waals surface area contributed by atoms with Gasteiger partial charge in [-0.1, -0.05) is 67.6 Å². The van der Waals surface area contributed by atoms with Gasteiger partial charge in [-0.05, 0) is 102 Å². The van der Waals surface area contributed by atoms with Gasteiger partial charge in [-0.25, -0.2) is 4.79 Å². The number of thioether (sulfide) groups is 1. The van der Waals surface area contributed by atoms with Gasteiger partial charge in [0.15, 0.2) is 5.78 Å². The van der Waals surface area contributed by atoms with Crippen LogP contribution in [0.2, 0.25) is 0 Å². The first-order valence-corrected chi connectivity index (χ1v) is 17.2. The number of nitrogens with one attached hydrogen (secondary N) is 1. The van der Waals surface area contributed by atoms with E-state index in [1.807, 2.05) is 80.8 Å². The zero-order valence-electron chi connectivity index (χ0n) is 27.3. The Balaban J connectivity index is 1.71. The van der Waals surface area contributed by atoms with E-state index in [-0.39, 0.29) is 11.7 Å². The fourth-order valence-corrected chi connectivity index (χ4v) is 5.97. The molecule has 0 fully saturated rings. The van der Waals surface area contributed by atoms with E-state index in [4.69, 9.17) is 4.74 Å². The van der Waals surface area contributed by atoms with E-state index in [1.165, 1.54) is 12.7 Å². The lowest BCUT2D eigenvalue weighted by molar-refractivity contribution is -0.142. The van der Waals surface area contributed by atoms with E-state index in [0.717, 1.165) is 52.1 Å². The Morgan fingerprint density at radius 1 is 0.978 bits per heavy atom. The molecule has 3 aromatic rings. The van der Waals surface area contributed by atoms with Crippen LogP contribution in [-0.4, -0.2) is 49.4 Å². The smallest absolute Gasteiger partial charge is 0.328 e. The van der Waals surface area contributed by atoms with Gasteiger partial charge < -0.3 is 15.0 Å². The Labute approximate surface area is 277 Å². The number of benzene rings is 3. The van der Waals surface area contributed by atoms with Gasteiger partial charge in [-0.3, -0.25) is 9.59 Å². The second-order valence-corrected chi connectivity index (χ2v) is 12.4. The molecule has 0 spiro atoms. The highest BCUT2D eigenvalue weighted by Gasteiger charge is 2.24. The summed E-state index contributed by atoms with van der Waals surface area (Å²) in [7, 11) is 1.34. The van der Waals surface area contributed by atoms with E-state index >= 15 is 0 Å². The molecule has 0 aromatic heterocycles. The number of ether oxygens (including phenoxy) is 1. The minimum absolute atomic E-state index is 0.153. The zero-order valence-corrected chi connectivity index (χ0v) is 28.1. The molecule has 3 aromatic carbocycles. The molecule has 1 aliphatic carbocycles. The van der Waals surface area contributed by atoms with Crippen LogP contribution >= 0.6 is 11.8 Å². The Bertz CT molecular complexity index is 1610. The van der Waals surface area contributed by atoms with Crippen molar-refractivity contribution in [2.45, 2.75) is 52.1 Å². The average Bonchev–Trinajstić information content (AvgIpc) is 3.35. The molecule has 46 heavy (non-hydrogen) atoms. The Morgan fingerprint density at radius 3 is 2.48 bits per heavy atom. The number of rotatable bonds is 15. The summed E-state index contributed by atoms with van der Waals surface area (Å²) >= 11 is 1.61. The number of Topliss-reactive ketones (excluding diaryl/α,β-unsaturated/α-hetero) is 1. The number of aryl methyl sites for hydroxylation is 1. The van der Waals surface area contributed by atoms with E-state index in [9.17, 15) is 14.4 Å².